The van der Waals surface area contributed by atoms with E-state index in [1.165, 1.54) is 0 Å². The van der Waals surface area contributed by atoms with E-state index in [2.05, 4.69) is 4.98 Å². The van der Waals surface area contributed by atoms with Crippen molar-refractivity contribution in [2.45, 2.75) is 5.41 Å². The Labute approximate surface area is 161 Å². The second-order valence-electron chi connectivity index (χ2n) is 6.23. The fraction of sp³-hybridized carbons (Fsp3) is 0.0952. The lowest BCUT2D eigenvalue weighted by molar-refractivity contribution is 0.594. The second-order valence-corrected chi connectivity index (χ2v) is 7.10. The average molecular weight is 382 g/mol. The summed E-state index contributed by atoms with van der Waals surface area (Å²) in [7, 11) is 0. The van der Waals surface area contributed by atoms with Gasteiger partial charge in [-0.3, -0.25) is 0 Å². The van der Waals surface area contributed by atoms with E-state index < -0.39 is 5.41 Å². The number of hydrogen-bond donors (Lipinski definition) is 2. The van der Waals surface area contributed by atoms with E-state index in [1.54, 1.807) is 0 Å². The van der Waals surface area contributed by atoms with Crippen molar-refractivity contribution in [1.29, 1.82) is 0 Å². The molecule has 0 radical (unpaired) electrons. The molecule has 26 heavy (non-hydrogen) atoms. The maximum atomic E-state index is 6.38. The highest BCUT2D eigenvalue weighted by Crippen LogP contribution is 2.38. The number of nitrogens with one attached hydrogen (secondary N) is 1. The molecule has 4 rings (SSSR count). The van der Waals surface area contributed by atoms with E-state index in [0.29, 0.717) is 16.6 Å². The Morgan fingerprint density at radius 2 is 1.35 bits per heavy atom. The van der Waals surface area contributed by atoms with Gasteiger partial charge in [0.15, 0.2) is 0 Å². The minimum Gasteiger partial charge on any atom is -0.341 e. The predicted octanol–water partition coefficient (Wildman–Crippen LogP) is 5.16. The third-order valence-electron chi connectivity index (χ3n) is 4.77. The van der Waals surface area contributed by atoms with Crippen LogP contribution >= 0.6 is 23.2 Å². The van der Waals surface area contributed by atoms with E-state index in [0.717, 1.165) is 28.0 Å². The number of halogens is 2. The van der Waals surface area contributed by atoms with Crippen molar-refractivity contribution in [3.63, 3.8) is 0 Å². The summed E-state index contributed by atoms with van der Waals surface area (Å²) in [6.07, 6.45) is 0. The molecule has 0 aliphatic rings. The molecular formula is C21H17Cl2N3. The van der Waals surface area contributed by atoms with Gasteiger partial charge < -0.3 is 10.7 Å². The normalized spacial score (nSPS) is 11.8. The number of nitrogens with zero attached hydrogens (tertiary/aromatic N) is 1. The standard InChI is InChI=1S/C21H17Cl2N3/c22-16-9-5-14(6-10-16)21(13-24,15-7-11-17(23)12-8-15)20-25-18-3-1-2-4-19(18)26-20/h1-12H,13,24H2,(H,25,26). The number of aromatic nitrogens is 2. The van der Waals surface area contributed by atoms with Crippen LogP contribution in [0, 0.1) is 0 Å². The molecule has 0 spiro atoms. The van der Waals surface area contributed by atoms with Gasteiger partial charge in [0.25, 0.3) is 0 Å². The van der Waals surface area contributed by atoms with Gasteiger partial charge in [-0.25, -0.2) is 4.98 Å². The van der Waals surface area contributed by atoms with Gasteiger partial charge >= 0.3 is 0 Å². The SMILES string of the molecule is NCC(c1ccc(Cl)cc1)(c1ccc(Cl)cc1)c1nc2ccccc2[nH]1. The molecule has 0 atom stereocenters. The van der Waals surface area contributed by atoms with Crippen LogP contribution in [0.1, 0.15) is 17.0 Å². The molecule has 0 unspecified atom stereocenters. The molecule has 0 amide bonds. The molecule has 1 heterocycles. The fourth-order valence-electron chi connectivity index (χ4n) is 3.40. The number of imidazole rings is 1. The Kier molecular flexibility index (Phi) is 4.45. The van der Waals surface area contributed by atoms with Crippen LogP contribution in [-0.4, -0.2) is 16.5 Å². The topological polar surface area (TPSA) is 54.7 Å². The fourth-order valence-corrected chi connectivity index (χ4v) is 3.65. The second kappa shape index (κ2) is 6.76. The smallest absolute Gasteiger partial charge is 0.123 e. The zero-order valence-electron chi connectivity index (χ0n) is 13.9. The van der Waals surface area contributed by atoms with Crippen molar-refractivity contribution in [3.8, 4) is 0 Å². The molecule has 0 bridgehead atoms. The van der Waals surface area contributed by atoms with Gasteiger partial charge in [-0.2, -0.15) is 0 Å². The van der Waals surface area contributed by atoms with Crippen LogP contribution in [0.4, 0.5) is 0 Å². The third kappa shape index (κ3) is 2.78. The zero-order valence-corrected chi connectivity index (χ0v) is 15.4. The first kappa shape index (κ1) is 17.1. The first-order valence-electron chi connectivity index (χ1n) is 8.31. The first-order chi connectivity index (χ1) is 12.6. The van der Waals surface area contributed by atoms with E-state index in [1.807, 2.05) is 72.8 Å². The molecule has 0 aliphatic carbocycles. The molecule has 0 saturated heterocycles. The van der Waals surface area contributed by atoms with Crippen molar-refractivity contribution in [1.82, 2.24) is 9.97 Å². The van der Waals surface area contributed by atoms with Gasteiger partial charge in [0, 0.05) is 16.6 Å². The number of rotatable bonds is 4. The molecule has 5 heteroatoms. The summed E-state index contributed by atoms with van der Waals surface area (Å²) in [5.74, 6) is 0.797. The Balaban J connectivity index is 2.01. The Bertz CT molecular complexity index is 958. The maximum absolute atomic E-state index is 6.38. The van der Waals surface area contributed by atoms with Crippen LogP contribution < -0.4 is 5.73 Å². The lowest BCUT2D eigenvalue weighted by Gasteiger charge is -2.32. The van der Waals surface area contributed by atoms with Crippen molar-refractivity contribution >= 4 is 34.2 Å². The van der Waals surface area contributed by atoms with Crippen molar-refractivity contribution in [2.24, 2.45) is 5.73 Å². The number of para-hydroxylation sites is 2. The minimum absolute atomic E-state index is 0.343. The van der Waals surface area contributed by atoms with E-state index in [-0.39, 0.29) is 0 Å². The van der Waals surface area contributed by atoms with Gasteiger partial charge in [-0.15, -0.1) is 0 Å². The average Bonchev–Trinajstić information content (AvgIpc) is 3.10. The molecule has 3 nitrogen and oxygen atoms in total. The molecule has 1 aromatic heterocycles. The van der Waals surface area contributed by atoms with Crippen LogP contribution in [-0.2, 0) is 5.41 Å². The number of H-pyrrole nitrogens is 1. The molecule has 3 N–H and O–H groups in total. The number of fused-ring (bicyclic) bond motifs is 1. The molecule has 4 aromatic rings. The molecule has 130 valence electrons. The number of benzene rings is 3. The Hall–Kier alpha value is -2.33. The summed E-state index contributed by atoms with van der Waals surface area (Å²) in [6, 6.07) is 23.4. The monoisotopic (exact) mass is 381 g/mol. The quantitative estimate of drug-likeness (QED) is 0.512. The lowest BCUT2D eigenvalue weighted by Crippen LogP contribution is -2.38. The van der Waals surface area contributed by atoms with Crippen LogP contribution in [0.5, 0.6) is 0 Å². The van der Waals surface area contributed by atoms with Crippen LogP contribution in [0.25, 0.3) is 11.0 Å². The van der Waals surface area contributed by atoms with Crippen LogP contribution in [0.2, 0.25) is 10.0 Å². The maximum Gasteiger partial charge on any atom is 0.123 e. The van der Waals surface area contributed by atoms with Crippen molar-refractivity contribution < 1.29 is 0 Å². The number of nitrogens with two attached hydrogens (primary N) is 1. The molecule has 0 aliphatic heterocycles. The van der Waals surface area contributed by atoms with Gasteiger partial charge in [0.05, 0.1) is 16.4 Å². The summed E-state index contributed by atoms with van der Waals surface area (Å²) < 4.78 is 0. The third-order valence-corrected chi connectivity index (χ3v) is 5.28. The Morgan fingerprint density at radius 1 is 0.808 bits per heavy atom. The predicted molar refractivity (Wildman–Crippen MR) is 108 cm³/mol. The molecule has 0 fully saturated rings. The summed E-state index contributed by atoms with van der Waals surface area (Å²) in [5.41, 5.74) is 9.66. The Morgan fingerprint density at radius 3 is 1.85 bits per heavy atom. The van der Waals surface area contributed by atoms with Gasteiger partial charge in [0.1, 0.15) is 5.82 Å². The van der Waals surface area contributed by atoms with Crippen molar-refractivity contribution in [3.05, 3.63) is 99.8 Å². The number of aromatic amines is 1. The first-order valence-corrected chi connectivity index (χ1v) is 9.06. The lowest BCUT2D eigenvalue weighted by atomic mass is 9.73. The highest BCUT2D eigenvalue weighted by molar-refractivity contribution is 6.30. The summed E-state index contributed by atoms with van der Waals surface area (Å²) in [6.45, 7) is 0.343. The van der Waals surface area contributed by atoms with Crippen LogP contribution in [0.15, 0.2) is 72.8 Å². The minimum atomic E-state index is -0.631. The van der Waals surface area contributed by atoms with Crippen LogP contribution in [0.3, 0.4) is 0 Å². The highest BCUT2D eigenvalue weighted by atomic mass is 35.5. The summed E-state index contributed by atoms with van der Waals surface area (Å²) in [5, 5.41) is 1.36. The summed E-state index contributed by atoms with van der Waals surface area (Å²) >= 11 is 12.2. The highest BCUT2D eigenvalue weighted by Gasteiger charge is 2.38. The summed E-state index contributed by atoms with van der Waals surface area (Å²) in [4.78, 5) is 8.31. The van der Waals surface area contributed by atoms with E-state index in [9.17, 15) is 0 Å². The van der Waals surface area contributed by atoms with Gasteiger partial charge in [-0.05, 0) is 47.5 Å². The molecular weight excluding hydrogens is 365 g/mol. The molecule has 0 saturated carbocycles. The zero-order chi connectivity index (χ0) is 18.1. The van der Waals surface area contributed by atoms with E-state index in [4.69, 9.17) is 33.9 Å². The molecule has 3 aromatic carbocycles. The van der Waals surface area contributed by atoms with Gasteiger partial charge in [0.2, 0.25) is 0 Å². The van der Waals surface area contributed by atoms with Gasteiger partial charge in [-0.1, -0.05) is 59.6 Å². The van der Waals surface area contributed by atoms with Crippen molar-refractivity contribution in [2.75, 3.05) is 6.54 Å². The number of hydrogen-bond acceptors (Lipinski definition) is 2. The largest absolute Gasteiger partial charge is 0.341 e. The van der Waals surface area contributed by atoms with E-state index >= 15 is 0 Å².